The summed E-state index contributed by atoms with van der Waals surface area (Å²) in [6.07, 6.45) is 9.69. The summed E-state index contributed by atoms with van der Waals surface area (Å²) >= 11 is 0. The normalized spacial score (nSPS) is 14.8. The molecular weight excluding hydrogens is 202 g/mol. The molecule has 0 aromatic carbocycles. The fourth-order valence-electron chi connectivity index (χ4n) is 2.12. The number of hydrogen-bond acceptors (Lipinski definition) is 4. The maximum atomic E-state index is 5.52. The first-order valence-electron chi connectivity index (χ1n) is 5.47. The van der Waals surface area contributed by atoms with E-state index in [-0.39, 0.29) is 0 Å². The second kappa shape index (κ2) is 3.59. The van der Waals surface area contributed by atoms with E-state index in [1.807, 2.05) is 10.9 Å². The van der Waals surface area contributed by atoms with Gasteiger partial charge in [-0.2, -0.15) is 0 Å². The highest BCUT2D eigenvalue weighted by atomic mass is 15.1. The largest absolute Gasteiger partial charge is 0.382 e. The van der Waals surface area contributed by atoms with Crippen molar-refractivity contribution in [2.45, 2.75) is 25.7 Å². The second-order valence-electron chi connectivity index (χ2n) is 4.01. The maximum Gasteiger partial charge on any atom is 0.156 e. The molecule has 2 aromatic rings. The molecule has 16 heavy (non-hydrogen) atoms. The molecular formula is C11H13N5. The van der Waals surface area contributed by atoms with Gasteiger partial charge in [-0.1, -0.05) is 0 Å². The van der Waals surface area contributed by atoms with Gasteiger partial charge in [0.2, 0.25) is 0 Å². The van der Waals surface area contributed by atoms with Gasteiger partial charge in [0.25, 0.3) is 0 Å². The number of nitrogens with zero attached hydrogens (tertiary/aromatic N) is 4. The van der Waals surface area contributed by atoms with Crippen LogP contribution in [-0.4, -0.2) is 19.5 Å². The summed E-state index contributed by atoms with van der Waals surface area (Å²) in [5, 5.41) is 0. The summed E-state index contributed by atoms with van der Waals surface area (Å²) in [5.41, 5.74) is 7.99. The Bertz CT molecular complexity index is 500. The zero-order valence-corrected chi connectivity index (χ0v) is 8.93. The molecule has 0 spiro atoms. The van der Waals surface area contributed by atoms with Crippen LogP contribution in [0.5, 0.6) is 0 Å². The Labute approximate surface area is 93.4 Å². The average Bonchev–Trinajstić information content (AvgIpc) is 2.74. The van der Waals surface area contributed by atoms with Crippen molar-refractivity contribution in [3.05, 3.63) is 30.1 Å². The minimum atomic E-state index is 0.442. The molecule has 3 rings (SSSR count). The molecule has 0 unspecified atom stereocenters. The van der Waals surface area contributed by atoms with Crippen LogP contribution in [0.1, 0.15) is 24.2 Å². The fraction of sp³-hybridized carbons (Fsp3) is 0.364. The molecule has 0 amide bonds. The van der Waals surface area contributed by atoms with Crippen LogP contribution in [-0.2, 0) is 12.8 Å². The van der Waals surface area contributed by atoms with Crippen molar-refractivity contribution in [2.24, 2.45) is 0 Å². The van der Waals surface area contributed by atoms with E-state index >= 15 is 0 Å². The summed E-state index contributed by atoms with van der Waals surface area (Å²) < 4.78 is 2.01. The Morgan fingerprint density at radius 3 is 2.75 bits per heavy atom. The summed E-state index contributed by atoms with van der Waals surface area (Å²) in [6.45, 7) is 0. The van der Waals surface area contributed by atoms with Crippen molar-refractivity contribution in [3.63, 3.8) is 0 Å². The summed E-state index contributed by atoms with van der Waals surface area (Å²) in [4.78, 5) is 12.7. The van der Waals surface area contributed by atoms with Gasteiger partial charge in [-0.15, -0.1) is 0 Å². The molecule has 0 saturated carbocycles. The zero-order valence-electron chi connectivity index (χ0n) is 8.93. The first kappa shape index (κ1) is 9.33. The smallest absolute Gasteiger partial charge is 0.156 e. The van der Waals surface area contributed by atoms with E-state index in [4.69, 9.17) is 5.73 Å². The van der Waals surface area contributed by atoms with Crippen molar-refractivity contribution in [1.29, 1.82) is 0 Å². The number of aromatic nitrogens is 4. The summed E-state index contributed by atoms with van der Waals surface area (Å²) in [7, 11) is 0. The van der Waals surface area contributed by atoms with Crippen LogP contribution >= 0.6 is 0 Å². The first-order chi connectivity index (χ1) is 7.84. The molecule has 1 aliphatic carbocycles. The van der Waals surface area contributed by atoms with Crippen LogP contribution in [0, 0.1) is 0 Å². The Balaban J connectivity index is 2.06. The Morgan fingerprint density at radius 2 is 1.94 bits per heavy atom. The van der Waals surface area contributed by atoms with Gasteiger partial charge in [-0.25, -0.2) is 15.0 Å². The highest BCUT2D eigenvalue weighted by molar-refractivity contribution is 5.32. The van der Waals surface area contributed by atoms with Crippen molar-refractivity contribution >= 4 is 5.82 Å². The van der Waals surface area contributed by atoms with E-state index in [9.17, 15) is 0 Å². The summed E-state index contributed by atoms with van der Waals surface area (Å²) in [6, 6.07) is 0. The number of fused-ring (bicyclic) bond motifs is 1. The van der Waals surface area contributed by atoms with Crippen LogP contribution < -0.4 is 5.73 Å². The number of nitrogens with two attached hydrogens (primary N) is 1. The van der Waals surface area contributed by atoms with Gasteiger partial charge in [0, 0.05) is 5.69 Å². The third-order valence-corrected chi connectivity index (χ3v) is 2.94. The molecule has 82 valence electrons. The van der Waals surface area contributed by atoms with Crippen LogP contribution in [0.25, 0.3) is 5.82 Å². The molecule has 0 aliphatic heterocycles. The first-order valence-corrected chi connectivity index (χ1v) is 5.47. The standard InChI is InChI=1S/C11H13N5/c12-10-5-14-11(6-13-10)16-7-15-8-3-1-2-4-9(8)16/h5-7H,1-4H2,(H2,12,13). The monoisotopic (exact) mass is 215 g/mol. The molecule has 2 heterocycles. The number of hydrogen-bond donors (Lipinski definition) is 1. The molecule has 5 nitrogen and oxygen atoms in total. The molecule has 0 atom stereocenters. The predicted molar refractivity (Wildman–Crippen MR) is 60.2 cm³/mol. The number of aryl methyl sites for hydroxylation is 1. The molecule has 0 fully saturated rings. The summed E-state index contributed by atoms with van der Waals surface area (Å²) in [5.74, 6) is 1.24. The van der Waals surface area contributed by atoms with Gasteiger partial charge in [-0.3, -0.25) is 4.57 Å². The SMILES string of the molecule is Nc1cnc(-n2cnc3c2CCCC3)cn1. The molecule has 5 heteroatoms. The van der Waals surface area contributed by atoms with E-state index in [1.165, 1.54) is 24.2 Å². The van der Waals surface area contributed by atoms with Crippen molar-refractivity contribution in [2.75, 3.05) is 5.73 Å². The van der Waals surface area contributed by atoms with Crippen molar-refractivity contribution in [3.8, 4) is 5.82 Å². The van der Waals surface area contributed by atoms with E-state index in [0.717, 1.165) is 18.7 Å². The quantitative estimate of drug-likeness (QED) is 0.774. The number of nitrogen functional groups attached to an aromatic ring is 1. The number of anilines is 1. The highest BCUT2D eigenvalue weighted by Crippen LogP contribution is 2.21. The van der Waals surface area contributed by atoms with Gasteiger partial charge in [0.15, 0.2) is 5.82 Å². The van der Waals surface area contributed by atoms with Gasteiger partial charge < -0.3 is 5.73 Å². The van der Waals surface area contributed by atoms with E-state index in [1.54, 1.807) is 12.4 Å². The molecule has 2 aromatic heterocycles. The Morgan fingerprint density at radius 1 is 1.06 bits per heavy atom. The maximum absolute atomic E-state index is 5.52. The lowest BCUT2D eigenvalue weighted by Crippen LogP contribution is -2.08. The lowest BCUT2D eigenvalue weighted by atomic mass is 10.0. The molecule has 1 aliphatic rings. The minimum absolute atomic E-state index is 0.442. The van der Waals surface area contributed by atoms with Gasteiger partial charge in [0.05, 0.1) is 18.1 Å². The van der Waals surface area contributed by atoms with Crippen LogP contribution in [0.4, 0.5) is 5.82 Å². The zero-order chi connectivity index (χ0) is 11.0. The van der Waals surface area contributed by atoms with E-state index < -0.39 is 0 Å². The third kappa shape index (κ3) is 1.44. The molecule has 0 bridgehead atoms. The lowest BCUT2D eigenvalue weighted by molar-refractivity contribution is 0.654. The lowest BCUT2D eigenvalue weighted by Gasteiger charge is -2.13. The van der Waals surface area contributed by atoms with E-state index in [2.05, 4.69) is 15.0 Å². The van der Waals surface area contributed by atoms with E-state index in [0.29, 0.717) is 5.82 Å². The third-order valence-electron chi connectivity index (χ3n) is 2.94. The topological polar surface area (TPSA) is 69.6 Å². The van der Waals surface area contributed by atoms with Gasteiger partial charge in [-0.05, 0) is 25.7 Å². The van der Waals surface area contributed by atoms with Gasteiger partial charge >= 0.3 is 0 Å². The second-order valence-corrected chi connectivity index (χ2v) is 4.01. The highest BCUT2D eigenvalue weighted by Gasteiger charge is 2.16. The number of rotatable bonds is 1. The molecule has 0 saturated heterocycles. The number of imidazole rings is 1. The average molecular weight is 215 g/mol. The van der Waals surface area contributed by atoms with Crippen LogP contribution in [0.2, 0.25) is 0 Å². The Kier molecular flexibility index (Phi) is 2.09. The predicted octanol–water partition coefficient (Wildman–Crippen LogP) is 1.12. The fourth-order valence-corrected chi connectivity index (χ4v) is 2.12. The van der Waals surface area contributed by atoms with Gasteiger partial charge in [0.1, 0.15) is 12.1 Å². The molecule has 2 N–H and O–H groups in total. The molecule has 0 radical (unpaired) electrons. The minimum Gasteiger partial charge on any atom is -0.382 e. The van der Waals surface area contributed by atoms with Crippen LogP contribution in [0.3, 0.4) is 0 Å². The van der Waals surface area contributed by atoms with Crippen molar-refractivity contribution in [1.82, 2.24) is 19.5 Å². The van der Waals surface area contributed by atoms with Crippen LogP contribution in [0.15, 0.2) is 18.7 Å². The Hall–Kier alpha value is -1.91. The van der Waals surface area contributed by atoms with Crippen molar-refractivity contribution < 1.29 is 0 Å².